The Morgan fingerprint density at radius 2 is 2.03 bits per heavy atom. The molecule has 5 rings (SSSR count). The van der Waals surface area contributed by atoms with Crippen molar-refractivity contribution in [3.8, 4) is 22.7 Å². The molecular weight excluding hydrogens is 420 g/mol. The van der Waals surface area contributed by atoms with Crippen LogP contribution >= 0.6 is 0 Å². The van der Waals surface area contributed by atoms with Gasteiger partial charge in [-0.05, 0) is 44.1 Å². The van der Waals surface area contributed by atoms with Crippen LogP contribution in [0.25, 0.3) is 16.9 Å². The highest BCUT2D eigenvalue weighted by Crippen LogP contribution is 2.32. The van der Waals surface area contributed by atoms with Gasteiger partial charge in [0.2, 0.25) is 5.91 Å². The molecule has 0 saturated carbocycles. The van der Waals surface area contributed by atoms with E-state index in [1.807, 2.05) is 54.2 Å². The second-order valence-electron chi connectivity index (χ2n) is 8.32. The molecule has 9 nitrogen and oxygen atoms in total. The molecule has 3 atom stereocenters. The first-order valence-electron chi connectivity index (χ1n) is 10.9. The zero-order chi connectivity index (χ0) is 22.9. The highest BCUT2D eigenvalue weighted by molar-refractivity contribution is 5.81. The second kappa shape index (κ2) is 8.57. The number of imidazole rings is 1. The van der Waals surface area contributed by atoms with Crippen molar-refractivity contribution >= 4 is 5.91 Å². The summed E-state index contributed by atoms with van der Waals surface area (Å²) in [6.07, 6.45) is 13.0. The molecule has 0 bridgehead atoms. The van der Waals surface area contributed by atoms with Gasteiger partial charge in [0, 0.05) is 17.7 Å². The molecule has 3 aromatic rings. The van der Waals surface area contributed by atoms with Crippen molar-refractivity contribution in [2.45, 2.75) is 31.8 Å². The number of fused-ring (bicyclic) bond motifs is 1. The lowest BCUT2D eigenvalue weighted by Gasteiger charge is -2.23. The molecule has 3 heterocycles. The number of benzene rings is 1. The van der Waals surface area contributed by atoms with E-state index in [4.69, 9.17) is 9.47 Å². The number of aryl methyl sites for hydroxylation is 1. The molecule has 2 aromatic heterocycles. The fourth-order valence-corrected chi connectivity index (χ4v) is 4.42. The van der Waals surface area contributed by atoms with Crippen LogP contribution in [-0.2, 0) is 9.53 Å². The van der Waals surface area contributed by atoms with E-state index in [1.54, 1.807) is 25.2 Å². The van der Waals surface area contributed by atoms with E-state index in [0.29, 0.717) is 17.9 Å². The van der Waals surface area contributed by atoms with Gasteiger partial charge in [0.1, 0.15) is 23.2 Å². The van der Waals surface area contributed by atoms with Gasteiger partial charge in [-0.15, -0.1) is 5.10 Å². The molecular formula is C24H26N6O3. The van der Waals surface area contributed by atoms with Gasteiger partial charge >= 0.3 is 0 Å². The maximum Gasteiger partial charge on any atom is 0.245 e. The van der Waals surface area contributed by atoms with Crippen LogP contribution in [0.3, 0.4) is 0 Å². The largest absolute Gasteiger partial charge is 0.497 e. The van der Waals surface area contributed by atoms with Crippen molar-refractivity contribution in [3.63, 3.8) is 0 Å². The Morgan fingerprint density at radius 3 is 2.79 bits per heavy atom. The van der Waals surface area contributed by atoms with E-state index in [9.17, 15) is 4.79 Å². The molecule has 1 saturated heterocycles. The van der Waals surface area contributed by atoms with E-state index in [-0.39, 0.29) is 17.9 Å². The Hall–Kier alpha value is -3.88. The van der Waals surface area contributed by atoms with Crippen molar-refractivity contribution in [1.29, 1.82) is 0 Å². The van der Waals surface area contributed by atoms with E-state index >= 15 is 0 Å². The van der Waals surface area contributed by atoms with Gasteiger partial charge in [-0.3, -0.25) is 4.79 Å². The maximum absolute atomic E-state index is 13.0. The minimum absolute atomic E-state index is 0.0342. The number of nitrogens with one attached hydrogen (secondary N) is 1. The standard InChI is InChI=1S/C24H26N6O3/c1-15-12-29(14-25-15)21-8-4-17(11-23(21)33-3)20-13-30(28-27-20)22-9-5-16-10-18(32-2)6-7-19(16)26-24(22)31/h4,6-8,10-14,16,19,22H,5,9H2,1-3H3,(H,26,31). The molecule has 1 aromatic carbocycles. The van der Waals surface area contributed by atoms with E-state index in [2.05, 4.69) is 26.7 Å². The monoisotopic (exact) mass is 446 g/mol. The van der Waals surface area contributed by atoms with Crippen LogP contribution in [0.15, 0.2) is 60.9 Å². The van der Waals surface area contributed by atoms with Gasteiger partial charge in [-0.1, -0.05) is 17.4 Å². The Balaban J connectivity index is 1.38. The number of allylic oxidation sites excluding steroid dienone is 1. The van der Waals surface area contributed by atoms with Gasteiger partial charge in [-0.25, -0.2) is 9.67 Å². The Kier molecular flexibility index (Phi) is 5.45. The summed E-state index contributed by atoms with van der Waals surface area (Å²) in [6, 6.07) is 5.39. The van der Waals surface area contributed by atoms with Crippen molar-refractivity contribution in [1.82, 2.24) is 29.9 Å². The minimum Gasteiger partial charge on any atom is -0.497 e. The van der Waals surface area contributed by atoms with Crippen LogP contribution < -0.4 is 10.1 Å². The first kappa shape index (κ1) is 21.0. The number of ether oxygens (including phenoxy) is 2. The zero-order valence-corrected chi connectivity index (χ0v) is 18.8. The number of amides is 1. The molecule has 1 amide bonds. The molecule has 1 fully saturated rings. The van der Waals surface area contributed by atoms with Crippen LogP contribution in [0.4, 0.5) is 0 Å². The molecule has 0 radical (unpaired) electrons. The zero-order valence-electron chi connectivity index (χ0n) is 18.8. The van der Waals surface area contributed by atoms with Crippen LogP contribution in [0.1, 0.15) is 24.6 Å². The summed E-state index contributed by atoms with van der Waals surface area (Å²) in [5.74, 6) is 1.67. The topological polar surface area (TPSA) is 96.1 Å². The Bertz CT molecular complexity index is 1240. The third kappa shape index (κ3) is 4.02. The van der Waals surface area contributed by atoms with Crippen molar-refractivity contribution in [2.24, 2.45) is 5.92 Å². The van der Waals surface area contributed by atoms with Crippen molar-refractivity contribution in [3.05, 3.63) is 66.6 Å². The van der Waals surface area contributed by atoms with Gasteiger partial charge in [0.25, 0.3) is 0 Å². The van der Waals surface area contributed by atoms with Gasteiger partial charge < -0.3 is 19.4 Å². The van der Waals surface area contributed by atoms with Gasteiger partial charge in [0.15, 0.2) is 0 Å². The molecule has 33 heavy (non-hydrogen) atoms. The fourth-order valence-electron chi connectivity index (χ4n) is 4.42. The van der Waals surface area contributed by atoms with Crippen LogP contribution in [0, 0.1) is 12.8 Å². The summed E-state index contributed by atoms with van der Waals surface area (Å²) in [4.78, 5) is 17.2. The minimum atomic E-state index is -0.417. The predicted molar refractivity (Wildman–Crippen MR) is 122 cm³/mol. The van der Waals surface area contributed by atoms with E-state index < -0.39 is 6.04 Å². The highest BCUT2D eigenvalue weighted by atomic mass is 16.5. The number of hydrogen-bond donors (Lipinski definition) is 1. The summed E-state index contributed by atoms with van der Waals surface area (Å²) < 4.78 is 14.5. The summed E-state index contributed by atoms with van der Waals surface area (Å²) in [5, 5.41) is 11.8. The normalized spacial score (nSPS) is 22.2. The quantitative estimate of drug-likeness (QED) is 0.647. The van der Waals surface area contributed by atoms with E-state index in [0.717, 1.165) is 29.1 Å². The average Bonchev–Trinajstić information content (AvgIpc) is 3.45. The second-order valence-corrected chi connectivity index (χ2v) is 8.32. The number of methoxy groups -OCH3 is 2. The maximum atomic E-state index is 13.0. The van der Waals surface area contributed by atoms with Gasteiger partial charge in [0.05, 0.1) is 44.2 Å². The third-order valence-corrected chi connectivity index (χ3v) is 6.22. The lowest BCUT2D eigenvalue weighted by atomic mass is 9.91. The SMILES string of the molecule is COC1=CC2CCC(n3cc(-c4ccc(-n5cnc(C)c5)c(OC)c4)nn3)C(=O)NC2C=C1. The first-order valence-corrected chi connectivity index (χ1v) is 10.9. The van der Waals surface area contributed by atoms with Crippen LogP contribution in [0.5, 0.6) is 5.75 Å². The fraction of sp³-hybridized carbons (Fsp3) is 0.333. The molecule has 1 aliphatic heterocycles. The number of rotatable bonds is 5. The molecule has 1 aliphatic carbocycles. The summed E-state index contributed by atoms with van der Waals surface area (Å²) >= 11 is 0. The number of carbonyl (C=O) groups excluding carboxylic acids is 1. The number of carbonyl (C=O) groups is 1. The molecule has 9 heteroatoms. The third-order valence-electron chi connectivity index (χ3n) is 6.22. The number of aromatic nitrogens is 5. The van der Waals surface area contributed by atoms with Crippen LogP contribution in [-0.4, -0.2) is 50.7 Å². The lowest BCUT2D eigenvalue weighted by Crippen LogP contribution is -2.40. The first-order chi connectivity index (χ1) is 16.1. The summed E-state index contributed by atoms with van der Waals surface area (Å²) in [6.45, 7) is 1.94. The van der Waals surface area contributed by atoms with Crippen molar-refractivity contribution < 1.29 is 14.3 Å². The predicted octanol–water partition coefficient (Wildman–Crippen LogP) is 2.98. The Labute approximate surface area is 191 Å². The molecule has 2 aliphatic rings. The van der Waals surface area contributed by atoms with Crippen molar-refractivity contribution in [2.75, 3.05) is 14.2 Å². The van der Waals surface area contributed by atoms with Crippen LogP contribution in [0.2, 0.25) is 0 Å². The summed E-state index contributed by atoms with van der Waals surface area (Å²) in [5.41, 5.74) is 3.35. The molecule has 3 unspecified atom stereocenters. The molecule has 1 N–H and O–H groups in total. The smallest absolute Gasteiger partial charge is 0.245 e. The Morgan fingerprint density at radius 1 is 1.15 bits per heavy atom. The molecule has 170 valence electrons. The van der Waals surface area contributed by atoms with E-state index in [1.165, 1.54) is 0 Å². The lowest BCUT2D eigenvalue weighted by molar-refractivity contribution is -0.124. The summed E-state index contributed by atoms with van der Waals surface area (Å²) in [7, 11) is 3.29. The average molecular weight is 447 g/mol. The highest BCUT2D eigenvalue weighted by Gasteiger charge is 2.33. The molecule has 0 spiro atoms. The number of nitrogens with zero attached hydrogens (tertiary/aromatic N) is 5. The number of hydrogen-bond acceptors (Lipinski definition) is 6. The van der Waals surface area contributed by atoms with Gasteiger partial charge in [-0.2, -0.15) is 0 Å².